The minimum atomic E-state index is -0.970. The summed E-state index contributed by atoms with van der Waals surface area (Å²) in [5, 5.41) is 19.6. The molecule has 0 spiro atoms. The molecular formula is C56H72N8O7S2. The van der Waals surface area contributed by atoms with Crippen LogP contribution in [0.25, 0.3) is 10.4 Å². The van der Waals surface area contributed by atoms with Gasteiger partial charge in [-0.2, -0.15) is 13.5 Å². The van der Waals surface area contributed by atoms with Gasteiger partial charge in [-0.3, -0.25) is 33.8 Å². The molecule has 0 aliphatic carbocycles. The standard InChI is InChI=1S/C56H70N8O7S.H2S/c1-34(36-19-23-39(24-20-36)49-35(2)58-33-72-49)59-53(70)45-28-42(65)31-63(45)54(71)50(55(3,4)5)60-47(67)18-14-13-17-46(66)38-21-25-40(26-22-38)52(69)61-51-43-32-64(56(6,7)44(43)29-57-51)48(68)27-41(30-62(8)9)37-15-11-10-12-16-37;/h10-12,15-16,19-26,33-34,41-42,45,50,65H,13-14,17-18,27-32H2,1-9H3,(H,59,70)(H,60,67)(H,57,61,69);1H2/t34-,41+,42+,45-,50+;/m0./s1. The quantitative estimate of drug-likeness (QED) is 0.0592. The van der Waals surface area contributed by atoms with Crippen LogP contribution >= 0.6 is 24.8 Å². The van der Waals surface area contributed by atoms with Crippen molar-refractivity contribution in [1.82, 2.24) is 35.6 Å². The molecule has 17 heteroatoms. The molecule has 390 valence electrons. The Morgan fingerprint density at radius 3 is 2.18 bits per heavy atom. The van der Waals surface area contributed by atoms with Crippen LogP contribution in [0.4, 0.5) is 0 Å². The number of aliphatic hydroxyl groups is 1. The Bertz CT molecular complexity index is 2710. The molecule has 0 unspecified atom stereocenters. The van der Waals surface area contributed by atoms with Crippen LogP contribution in [0.3, 0.4) is 0 Å². The number of likely N-dealkylation sites (tertiary alicyclic amines) is 1. The number of nitrogens with zero attached hydrogens (tertiary/aromatic N) is 5. The van der Waals surface area contributed by atoms with Crippen LogP contribution in [0.5, 0.6) is 0 Å². The highest BCUT2D eigenvalue weighted by molar-refractivity contribution is 7.59. The number of amides is 5. The first-order valence-electron chi connectivity index (χ1n) is 24.9. The zero-order valence-corrected chi connectivity index (χ0v) is 45.4. The van der Waals surface area contributed by atoms with Crippen LogP contribution in [0.15, 0.2) is 101 Å². The lowest BCUT2D eigenvalue weighted by atomic mass is 9.85. The second-order valence-corrected chi connectivity index (χ2v) is 22.1. The fourth-order valence-corrected chi connectivity index (χ4v) is 10.8. The van der Waals surface area contributed by atoms with Crippen molar-refractivity contribution in [3.8, 4) is 10.4 Å². The van der Waals surface area contributed by atoms with Gasteiger partial charge in [-0.15, -0.1) is 11.3 Å². The molecule has 0 bridgehead atoms. The summed E-state index contributed by atoms with van der Waals surface area (Å²) in [7, 11) is 4.02. The normalized spacial score (nSPS) is 18.4. The Morgan fingerprint density at radius 1 is 0.890 bits per heavy atom. The summed E-state index contributed by atoms with van der Waals surface area (Å²) >= 11 is 1.57. The van der Waals surface area contributed by atoms with Gasteiger partial charge in [-0.25, -0.2) is 4.98 Å². The van der Waals surface area contributed by atoms with E-state index in [1.165, 1.54) is 4.90 Å². The number of likely N-dealkylation sites (N-methyl/N-ethyl adjacent to an activating group) is 1. The third-order valence-electron chi connectivity index (χ3n) is 14.2. The third-order valence-corrected chi connectivity index (χ3v) is 15.2. The van der Waals surface area contributed by atoms with E-state index in [0.717, 1.165) is 45.0 Å². The Balaban J connectivity index is 0.00000869. The fourth-order valence-electron chi connectivity index (χ4n) is 9.98. The lowest BCUT2D eigenvalue weighted by Crippen LogP contribution is -2.57. The number of hydrogen-bond acceptors (Lipinski definition) is 11. The Labute approximate surface area is 440 Å². The van der Waals surface area contributed by atoms with Crippen molar-refractivity contribution in [1.29, 1.82) is 0 Å². The highest BCUT2D eigenvalue weighted by Gasteiger charge is 2.47. The summed E-state index contributed by atoms with van der Waals surface area (Å²) in [5.41, 5.74) is 7.19. The van der Waals surface area contributed by atoms with Crippen LogP contribution in [0.2, 0.25) is 0 Å². The third kappa shape index (κ3) is 13.4. The minimum absolute atomic E-state index is 0. The van der Waals surface area contributed by atoms with Crippen LogP contribution in [0, 0.1) is 12.3 Å². The molecule has 15 nitrogen and oxygen atoms in total. The van der Waals surface area contributed by atoms with E-state index in [4.69, 9.17) is 0 Å². The molecular weight excluding hydrogens is 961 g/mol. The number of thiazole rings is 1. The molecule has 0 radical (unpaired) electrons. The monoisotopic (exact) mass is 1030 g/mol. The SMILES string of the molecule is Cc1ncsc1-c1ccc([C@H](C)NC(=O)[C@@H]2C[C@@H](O)CN2C(=O)[C@@H](NC(=O)CCCCC(=O)c2ccc(C(=O)NC3=NCC4=C3CN(C(=O)C[C@H](CN(C)C)c3ccccc3)C4(C)C)cc2)C(C)(C)C)cc1.S. The van der Waals surface area contributed by atoms with E-state index in [1.807, 2.05) is 115 Å². The van der Waals surface area contributed by atoms with Crippen molar-refractivity contribution < 1.29 is 33.9 Å². The number of aliphatic imine (C=N–C) groups is 1. The first-order chi connectivity index (χ1) is 34.1. The smallest absolute Gasteiger partial charge is 0.256 e. The number of carbonyl (C=O) groups is 6. The van der Waals surface area contributed by atoms with Crippen molar-refractivity contribution in [3.63, 3.8) is 0 Å². The largest absolute Gasteiger partial charge is 0.391 e. The number of aromatic nitrogens is 1. The molecule has 1 saturated heterocycles. The molecule has 0 saturated carbocycles. The van der Waals surface area contributed by atoms with Gasteiger partial charge >= 0.3 is 0 Å². The Morgan fingerprint density at radius 2 is 1.55 bits per heavy atom. The average molecular weight is 1030 g/mol. The molecule has 4 heterocycles. The number of rotatable bonds is 18. The van der Waals surface area contributed by atoms with E-state index in [9.17, 15) is 33.9 Å². The van der Waals surface area contributed by atoms with E-state index >= 15 is 0 Å². The van der Waals surface area contributed by atoms with Crippen molar-refractivity contribution in [2.24, 2.45) is 10.4 Å². The molecule has 7 rings (SSSR count). The summed E-state index contributed by atoms with van der Waals surface area (Å²) in [5.74, 6) is -1.15. The van der Waals surface area contributed by atoms with Crippen molar-refractivity contribution in [2.75, 3.05) is 40.3 Å². The van der Waals surface area contributed by atoms with Crippen LogP contribution in [-0.4, -0.2) is 130 Å². The zero-order valence-electron chi connectivity index (χ0n) is 43.6. The van der Waals surface area contributed by atoms with Gasteiger partial charge in [0.05, 0.1) is 46.9 Å². The number of amidine groups is 1. The van der Waals surface area contributed by atoms with E-state index in [1.54, 1.807) is 35.6 Å². The Hall–Kier alpha value is -6.01. The number of benzene rings is 3. The summed E-state index contributed by atoms with van der Waals surface area (Å²) in [6.07, 6.45) is 0.603. The van der Waals surface area contributed by atoms with Gasteiger partial charge in [0, 0.05) is 61.4 Å². The number of unbranched alkanes of at least 4 members (excludes halogenated alkanes) is 1. The van der Waals surface area contributed by atoms with E-state index < -0.39 is 35.0 Å². The number of aliphatic hydroxyl groups excluding tert-OH is 1. The number of hydrogen-bond donors (Lipinski definition) is 4. The van der Waals surface area contributed by atoms with Gasteiger partial charge < -0.3 is 35.8 Å². The molecule has 73 heavy (non-hydrogen) atoms. The van der Waals surface area contributed by atoms with Gasteiger partial charge in [0.15, 0.2) is 5.78 Å². The highest BCUT2D eigenvalue weighted by Crippen LogP contribution is 2.39. The molecule has 1 aromatic heterocycles. The number of carbonyl (C=O) groups excluding carboxylic acids is 6. The summed E-state index contributed by atoms with van der Waals surface area (Å²) < 4.78 is 0. The summed E-state index contributed by atoms with van der Waals surface area (Å²) in [6.45, 7) is 14.9. The Kier molecular flexibility index (Phi) is 18.4. The van der Waals surface area contributed by atoms with Crippen molar-refractivity contribution in [2.45, 2.75) is 123 Å². The number of nitrogens with one attached hydrogen (secondary N) is 3. The zero-order chi connectivity index (χ0) is 52.1. The molecule has 4 N–H and O–H groups in total. The van der Waals surface area contributed by atoms with Gasteiger partial charge in [-0.05, 0) is 94.4 Å². The summed E-state index contributed by atoms with van der Waals surface area (Å²) in [6, 6.07) is 22.2. The molecule has 3 aliphatic rings. The molecule has 5 amide bonds. The van der Waals surface area contributed by atoms with Gasteiger partial charge in [-0.1, -0.05) is 87.5 Å². The summed E-state index contributed by atoms with van der Waals surface area (Å²) in [4.78, 5) is 97.3. The molecule has 4 aromatic rings. The van der Waals surface area contributed by atoms with Gasteiger partial charge in [0.1, 0.15) is 17.9 Å². The maximum atomic E-state index is 14.2. The number of ketones is 1. The molecule has 1 fully saturated rings. The predicted molar refractivity (Wildman–Crippen MR) is 291 cm³/mol. The van der Waals surface area contributed by atoms with E-state index in [2.05, 4.69) is 43.0 Å². The van der Waals surface area contributed by atoms with Crippen molar-refractivity contribution >= 4 is 66.0 Å². The lowest BCUT2D eigenvalue weighted by Gasteiger charge is -2.35. The molecule has 3 aliphatic heterocycles. The topological polar surface area (TPSA) is 194 Å². The van der Waals surface area contributed by atoms with E-state index in [0.29, 0.717) is 49.3 Å². The lowest BCUT2D eigenvalue weighted by molar-refractivity contribution is -0.144. The number of β-amino-alcohol motifs (C(OH)–C–C–N with tert-alkyl or cyclic N) is 1. The second kappa shape index (κ2) is 23.9. The first kappa shape index (κ1) is 56.3. The van der Waals surface area contributed by atoms with Gasteiger partial charge in [0.2, 0.25) is 23.6 Å². The predicted octanol–water partition coefficient (Wildman–Crippen LogP) is 7.14. The highest BCUT2D eigenvalue weighted by atomic mass is 32.1. The average Bonchev–Trinajstić information content (AvgIpc) is 4.13. The molecule has 3 aromatic carbocycles. The van der Waals surface area contributed by atoms with Crippen LogP contribution in [-0.2, 0) is 19.2 Å². The molecule has 5 atom stereocenters. The second-order valence-electron chi connectivity index (χ2n) is 21.3. The minimum Gasteiger partial charge on any atom is -0.391 e. The van der Waals surface area contributed by atoms with Crippen LogP contribution in [0.1, 0.15) is 130 Å². The number of aryl methyl sites for hydroxylation is 1. The maximum absolute atomic E-state index is 14.2. The van der Waals surface area contributed by atoms with Crippen molar-refractivity contribution in [3.05, 3.63) is 123 Å². The fraction of sp³-hybridized carbons (Fsp3) is 0.464. The first-order valence-corrected chi connectivity index (χ1v) is 25.8. The van der Waals surface area contributed by atoms with Gasteiger partial charge in [0.25, 0.3) is 5.91 Å². The van der Waals surface area contributed by atoms with E-state index in [-0.39, 0.29) is 80.7 Å². The van der Waals surface area contributed by atoms with Crippen LogP contribution < -0.4 is 16.0 Å². The maximum Gasteiger partial charge on any atom is 0.256 e. The number of Topliss-reactive ketones (excluding diaryl/α,β-unsaturated/α-hetero) is 1.